The molecule has 0 aliphatic carbocycles. The molecular weight excluding hydrogens is 322 g/mol. The highest BCUT2D eigenvalue weighted by Gasteiger charge is 2.12. The smallest absolute Gasteiger partial charge is 0.306 e. The fraction of sp³-hybridized carbons (Fsp3) is 0.222. The summed E-state index contributed by atoms with van der Waals surface area (Å²) in [6.45, 7) is 0.467. The molecule has 0 aromatic heterocycles. The monoisotopic (exact) mass is 339 g/mol. The molecule has 0 bridgehead atoms. The van der Waals surface area contributed by atoms with Crippen molar-refractivity contribution in [2.75, 3.05) is 11.9 Å². The van der Waals surface area contributed by atoms with Gasteiger partial charge in [0.05, 0.1) is 16.6 Å². The molecule has 0 saturated carbocycles. The van der Waals surface area contributed by atoms with Gasteiger partial charge in [0.15, 0.2) is 0 Å². The van der Waals surface area contributed by atoms with Gasteiger partial charge in [-0.15, -0.1) is 0 Å². The normalized spacial score (nSPS) is 9.88. The van der Waals surface area contributed by atoms with Gasteiger partial charge in [0.1, 0.15) is 12.3 Å². The largest absolute Gasteiger partial charge is 0.461 e. The average molecular weight is 339 g/mol. The number of ether oxygens (including phenoxy) is 1. The fourth-order valence-corrected chi connectivity index (χ4v) is 2.22. The first kappa shape index (κ1) is 17.9. The number of nitrogens with one attached hydrogen (secondary N) is 1. The molecule has 0 fully saturated rings. The third-order valence-corrected chi connectivity index (χ3v) is 3.50. The number of carbonyl (C=O) groups is 1. The molecule has 0 atom stereocenters. The number of nitro groups is 1. The Kier molecular flexibility index (Phi) is 6.48. The third kappa shape index (κ3) is 5.32. The highest BCUT2D eigenvalue weighted by atomic mass is 16.6. The van der Waals surface area contributed by atoms with E-state index in [-0.39, 0.29) is 24.7 Å². The standard InChI is InChI=1S/C18H17N3O4/c19-12-14-6-1-2-7-15(14)13-25-18(22)10-5-11-20-16-8-3-4-9-17(16)21(23)24/h1-4,6-9,20H,5,10-11,13H2. The van der Waals surface area contributed by atoms with E-state index in [0.717, 1.165) is 0 Å². The molecular formula is C18H17N3O4. The molecule has 0 amide bonds. The second-order valence-electron chi connectivity index (χ2n) is 5.23. The molecule has 0 heterocycles. The van der Waals surface area contributed by atoms with Crippen molar-refractivity contribution < 1.29 is 14.5 Å². The van der Waals surface area contributed by atoms with Gasteiger partial charge in [0.2, 0.25) is 0 Å². The van der Waals surface area contributed by atoms with Gasteiger partial charge in [-0.05, 0) is 18.6 Å². The molecule has 0 aliphatic rings. The van der Waals surface area contributed by atoms with Crippen molar-refractivity contribution in [3.63, 3.8) is 0 Å². The van der Waals surface area contributed by atoms with Crippen molar-refractivity contribution in [1.82, 2.24) is 0 Å². The molecule has 7 nitrogen and oxygen atoms in total. The molecule has 0 radical (unpaired) electrons. The summed E-state index contributed by atoms with van der Waals surface area (Å²) in [5.41, 5.74) is 1.56. The summed E-state index contributed by atoms with van der Waals surface area (Å²) in [6.07, 6.45) is 0.660. The minimum Gasteiger partial charge on any atom is -0.461 e. The number of para-hydroxylation sites is 2. The Morgan fingerprint density at radius 1 is 1.20 bits per heavy atom. The maximum atomic E-state index is 11.8. The zero-order valence-electron chi connectivity index (χ0n) is 13.5. The maximum absolute atomic E-state index is 11.8. The summed E-state index contributed by atoms with van der Waals surface area (Å²) in [6, 6.07) is 15.3. The Morgan fingerprint density at radius 2 is 1.92 bits per heavy atom. The molecule has 128 valence electrons. The zero-order valence-corrected chi connectivity index (χ0v) is 13.5. The first-order chi connectivity index (χ1) is 12.1. The Balaban J connectivity index is 1.74. The van der Waals surface area contributed by atoms with Gasteiger partial charge >= 0.3 is 5.97 Å². The summed E-state index contributed by atoms with van der Waals surface area (Å²) >= 11 is 0. The van der Waals surface area contributed by atoms with E-state index in [0.29, 0.717) is 29.8 Å². The van der Waals surface area contributed by atoms with Crippen molar-refractivity contribution >= 4 is 17.3 Å². The number of rotatable bonds is 8. The lowest BCUT2D eigenvalue weighted by Gasteiger charge is -2.08. The minimum absolute atomic E-state index is 0.00168. The molecule has 1 N–H and O–H groups in total. The molecule has 0 saturated heterocycles. The molecule has 7 heteroatoms. The van der Waals surface area contributed by atoms with E-state index >= 15 is 0 Å². The van der Waals surface area contributed by atoms with Gasteiger partial charge < -0.3 is 10.1 Å². The Morgan fingerprint density at radius 3 is 2.68 bits per heavy atom. The summed E-state index contributed by atoms with van der Waals surface area (Å²) in [7, 11) is 0. The van der Waals surface area contributed by atoms with Crippen molar-refractivity contribution in [2.24, 2.45) is 0 Å². The summed E-state index contributed by atoms with van der Waals surface area (Å²) in [5.74, 6) is -0.378. The zero-order chi connectivity index (χ0) is 18.1. The number of esters is 1. The van der Waals surface area contributed by atoms with E-state index in [1.54, 1.807) is 42.5 Å². The van der Waals surface area contributed by atoms with Crippen molar-refractivity contribution in [1.29, 1.82) is 5.26 Å². The van der Waals surface area contributed by atoms with Gasteiger partial charge in [0.25, 0.3) is 5.69 Å². The summed E-state index contributed by atoms with van der Waals surface area (Å²) in [5, 5.41) is 22.8. The van der Waals surface area contributed by atoms with Gasteiger partial charge in [-0.1, -0.05) is 30.3 Å². The lowest BCUT2D eigenvalue weighted by Crippen LogP contribution is -2.09. The van der Waals surface area contributed by atoms with Crippen LogP contribution in [0.1, 0.15) is 24.0 Å². The van der Waals surface area contributed by atoms with E-state index in [1.165, 1.54) is 6.07 Å². The summed E-state index contributed by atoms with van der Waals surface area (Å²) in [4.78, 5) is 22.2. The topological polar surface area (TPSA) is 105 Å². The molecule has 2 rings (SSSR count). The van der Waals surface area contributed by atoms with Crippen LogP contribution in [0, 0.1) is 21.4 Å². The maximum Gasteiger partial charge on any atom is 0.306 e. The first-order valence-electron chi connectivity index (χ1n) is 7.72. The van der Waals surface area contributed by atoms with Crippen molar-refractivity contribution in [3.8, 4) is 6.07 Å². The number of nitrogens with zero attached hydrogens (tertiary/aromatic N) is 2. The number of benzene rings is 2. The lowest BCUT2D eigenvalue weighted by molar-refractivity contribution is -0.384. The van der Waals surface area contributed by atoms with Gasteiger partial charge in [-0.3, -0.25) is 14.9 Å². The van der Waals surface area contributed by atoms with Gasteiger partial charge in [0, 0.05) is 24.6 Å². The lowest BCUT2D eigenvalue weighted by atomic mass is 10.1. The molecule has 2 aromatic rings. The van der Waals surface area contributed by atoms with Crippen LogP contribution in [0.5, 0.6) is 0 Å². The molecule has 2 aromatic carbocycles. The average Bonchev–Trinajstić information content (AvgIpc) is 2.64. The highest BCUT2D eigenvalue weighted by Crippen LogP contribution is 2.23. The van der Waals surface area contributed by atoms with Gasteiger partial charge in [-0.2, -0.15) is 5.26 Å². The first-order valence-corrected chi connectivity index (χ1v) is 7.72. The van der Waals surface area contributed by atoms with Crippen LogP contribution in [0.2, 0.25) is 0 Å². The van der Waals surface area contributed by atoms with E-state index in [9.17, 15) is 14.9 Å². The van der Waals surface area contributed by atoms with Crippen LogP contribution in [0.25, 0.3) is 0 Å². The van der Waals surface area contributed by atoms with Crippen LogP contribution in [-0.2, 0) is 16.1 Å². The Bertz CT molecular complexity index is 799. The van der Waals surface area contributed by atoms with Crippen LogP contribution in [0.4, 0.5) is 11.4 Å². The number of carbonyl (C=O) groups excluding carboxylic acids is 1. The number of hydrogen-bond donors (Lipinski definition) is 1. The number of anilines is 1. The van der Waals surface area contributed by atoms with Crippen LogP contribution in [-0.4, -0.2) is 17.4 Å². The van der Waals surface area contributed by atoms with Crippen molar-refractivity contribution in [2.45, 2.75) is 19.4 Å². The minimum atomic E-state index is -0.455. The van der Waals surface area contributed by atoms with E-state index < -0.39 is 4.92 Å². The number of hydrogen-bond acceptors (Lipinski definition) is 6. The predicted molar refractivity (Wildman–Crippen MR) is 91.8 cm³/mol. The SMILES string of the molecule is N#Cc1ccccc1COC(=O)CCCNc1ccccc1[N+](=O)[O-]. The van der Waals surface area contributed by atoms with Crippen LogP contribution in [0.3, 0.4) is 0 Å². The third-order valence-electron chi connectivity index (χ3n) is 3.50. The Labute approximate surface area is 145 Å². The quantitative estimate of drug-likeness (QED) is 0.342. The van der Waals surface area contributed by atoms with Crippen LogP contribution >= 0.6 is 0 Å². The number of nitriles is 1. The van der Waals surface area contributed by atoms with Gasteiger partial charge in [-0.25, -0.2) is 0 Å². The second kappa shape index (κ2) is 9.03. The molecule has 0 spiro atoms. The Hall–Kier alpha value is -3.40. The van der Waals surface area contributed by atoms with Crippen molar-refractivity contribution in [3.05, 3.63) is 69.8 Å². The second-order valence-corrected chi connectivity index (χ2v) is 5.23. The summed E-state index contributed by atoms with van der Waals surface area (Å²) < 4.78 is 5.16. The van der Waals surface area contributed by atoms with E-state index in [1.807, 2.05) is 6.07 Å². The van der Waals surface area contributed by atoms with E-state index in [4.69, 9.17) is 10.00 Å². The molecule has 0 unspecified atom stereocenters. The predicted octanol–water partition coefficient (Wildman–Crippen LogP) is 3.40. The number of nitro benzene ring substituents is 1. The highest BCUT2D eigenvalue weighted by molar-refractivity contribution is 5.69. The van der Waals surface area contributed by atoms with Crippen LogP contribution < -0.4 is 5.32 Å². The molecule has 0 aliphatic heterocycles. The van der Waals surface area contributed by atoms with Crippen LogP contribution in [0.15, 0.2) is 48.5 Å². The van der Waals surface area contributed by atoms with E-state index in [2.05, 4.69) is 5.32 Å². The fourth-order valence-electron chi connectivity index (χ4n) is 2.22. The molecule has 25 heavy (non-hydrogen) atoms.